The first kappa shape index (κ1) is 12.4. The van der Waals surface area contributed by atoms with Gasteiger partial charge in [-0.1, -0.05) is 34.1 Å². The maximum absolute atomic E-state index is 4.78. The third-order valence-electron chi connectivity index (χ3n) is 3.40. The first-order valence-electron chi connectivity index (χ1n) is 6.16. The molecule has 0 aliphatic rings. The summed E-state index contributed by atoms with van der Waals surface area (Å²) in [6, 6.07) is 10.4. The van der Waals surface area contributed by atoms with E-state index in [2.05, 4.69) is 44.5 Å². The molecule has 0 radical (unpaired) electrons. The summed E-state index contributed by atoms with van der Waals surface area (Å²) in [6.45, 7) is 4.08. The van der Waals surface area contributed by atoms with E-state index in [1.807, 2.05) is 31.5 Å². The Labute approximate surface area is 120 Å². The number of aromatic nitrogens is 3. The van der Waals surface area contributed by atoms with Gasteiger partial charge in [0.1, 0.15) is 12.1 Å². The molecule has 2 aromatic heterocycles. The van der Waals surface area contributed by atoms with Crippen molar-refractivity contribution in [3.63, 3.8) is 0 Å². The molecule has 2 heterocycles. The zero-order chi connectivity index (χ0) is 13.4. The highest BCUT2D eigenvalue weighted by Crippen LogP contribution is 2.23. The molecule has 0 aliphatic carbocycles. The zero-order valence-corrected chi connectivity index (χ0v) is 12.5. The Hall–Kier alpha value is -1.68. The zero-order valence-electron chi connectivity index (χ0n) is 10.9. The highest BCUT2D eigenvalue weighted by molar-refractivity contribution is 9.08. The smallest absolute Gasteiger partial charge is 0.142 e. The molecule has 0 amide bonds. The maximum atomic E-state index is 4.78. The Morgan fingerprint density at radius 2 is 2.00 bits per heavy atom. The van der Waals surface area contributed by atoms with Crippen LogP contribution in [0.4, 0.5) is 0 Å². The molecule has 0 saturated heterocycles. The van der Waals surface area contributed by atoms with Crippen molar-refractivity contribution in [1.29, 1.82) is 0 Å². The lowest BCUT2D eigenvalue weighted by molar-refractivity contribution is 0.945. The van der Waals surface area contributed by atoms with Crippen LogP contribution in [0.15, 0.2) is 36.7 Å². The van der Waals surface area contributed by atoms with Crippen molar-refractivity contribution in [2.45, 2.75) is 19.2 Å². The number of imidazole rings is 1. The van der Waals surface area contributed by atoms with E-state index in [1.54, 1.807) is 0 Å². The summed E-state index contributed by atoms with van der Waals surface area (Å²) in [6.07, 6.45) is 1.84. The van der Waals surface area contributed by atoms with E-state index in [0.717, 1.165) is 33.4 Å². The average Bonchev–Trinajstić information content (AvgIpc) is 2.77. The van der Waals surface area contributed by atoms with Crippen molar-refractivity contribution < 1.29 is 0 Å². The van der Waals surface area contributed by atoms with E-state index in [-0.39, 0.29) is 0 Å². The average molecular weight is 316 g/mol. The first-order valence-corrected chi connectivity index (χ1v) is 7.28. The molecule has 0 N–H and O–H groups in total. The van der Waals surface area contributed by atoms with E-state index in [1.165, 1.54) is 5.56 Å². The minimum atomic E-state index is 0.775. The monoisotopic (exact) mass is 315 g/mol. The predicted molar refractivity (Wildman–Crippen MR) is 81.0 cm³/mol. The van der Waals surface area contributed by atoms with Crippen LogP contribution in [0, 0.1) is 13.8 Å². The third kappa shape index (κ3) is 2.06. The summed E-state index contributed by atoms with van der Waals surface area (Å²) in [4.78, 5) is 9.14. The highest BCUT2D eigenvalue weighted by Gasteiger charge is 2.11. The number of nitrogens with zero attached hydrogens (tertiary/aromatic N) is 3. The van der Waals surface area contributed by atoms with Gasteiger partial charge in [0.25, 0.3) is 0 Å². The molecule has 0 fully saturated rings. The van der Waals surface area contributed by atoms with Gasteiger partial charge in [0.15, 0.2) is 0 Å². The van der Waals surface area contributed by atoms with Crippen molar-refractivity contribution >= 4 is 26.8 Å². The minimum Gasteiger partial charge on any atom is -0.287 e. The van der Waals surface area contributed by atoms with Crippen LogP contribution in [-0.2, 0) is 5.33 Å². The Kier molecular flexibility index (Phi) is 3.11. The number of fused-ring (bicyclic) bond motifs is 1. The molecule has 96 valence electrons. The number of para-hydroxylation sites is 1. The van der Waals surface area contributed by atoms with E-state index in [4.69, 9.17) is 4.98 Å². The number of aryl methyl sites for hydroxylation is 1. The van der Waals surface area contributed by atoms with Gasteiger partial charge in [0.05, 0.1) is 11.2 Å². The second-order valence-corrected chi connectivity index (χ2v) is 5.14. The largest absolute Gasteiger partial charge is 0.287 e. The summed E-state index contributed by atoms with van der Waals surface area (Å²) >= 11 is 3.55. The van der Waals surface area contributed by atoms with E-state index in [0.29, 0.717) is 0 Å². The molecule has 4 heteroatoms. The quantitative estimate of drug-likeness (QED) is 0.671. The summed E-state index contributed by atoms with van der Waals surface area (Å²) in [5, 5.41) is 1.94. The number of halogens is 1. The van der Waals surface area contributed by atoms with Crippen molar-refractivity contribution in [2.24, 2.45) is 0 Å². The van der Waals surface area contributed by atoms with Crippen molar-refractivity contribution in [2.75, 3.05) is 0 Å². The summed E-state index contributed by atoms with van der Waals surface area (Å²) in [5.74, 6) is 0.952. The van der Waals surface area contributed by atoms with Crippen LogP contribution in [0.5, 0.6) is 0 Å². The van der Waals surface area contributed by atoms with Gasteiger partial charge in [-0.3, -0.25) is 4.57 Å². The fourth-order valence-electron chi connectivity index (χ4n) is 2.17. The van der Waals surface area contributed by atoms with Crippen LogP contribution in [-0.4, -0.2) is 14.5 Å². The lowest BCUT2D eigenvalue weighted by Gasteiger charge is -2.11. The van der Waals surface area contributed by atoms with Gasteiger partial charge in [0.2, 0.25) is 0 Å². The third-order valence-corrected chi connectivity index (χ3v) is 4.01. The van der Waals surface area contributed by atoms with Gasteiger partial charge in [-0.05, 0) is 26.0 Å². The molecule has 0 bridgehead atoms. The molecule has 0 unspecified atom stereocenters. The lowest BCUT2D eigenvalue weighted by Crippen LogP contribution is -2.03. The number of rotatable bonds is 2. The van der Waals surface area contributed by atoms with Crippen LogP contribution in [0.2, 0.25) is 0 Å². The molecule has 0 saturated carbocycles. The van der Waals surface area contributed by atoms with E-state index in [9.17, 15) is 0 Å². The van der Waals surface area contributed by atoms with E-state index < -0.39 is 0 Å². The fraction of sp³-hybridized carbons (Fsp3) is 0.200. The van der Waals surface area contributed by atoms with Crippen LogP contribution in [0.3, 0.4) is 0 Å². The lowest BCUT2D eigenvalue weighted by atomic mass is 10.1. The van der Waals surface area contributed by atoms with Gasteiger partial charge in [0, 0.05) is 22.0 Å². The number of benzene rings is 1. The summed E-state index contributed by atoms with van der Waals surface area (Å²) < 4.78 is 2.05. The topological polar surface area (TPSA) is 30.7 Å². The second kappa shape index (κ2) is 4.78. The normalized spacial score (nSPS) is 11.1. The number of pyridine rings is 1. The van der Waals surface area contributed by atoms with Crippen molar-refractivity contribution in [1.82, 2.24) is 14.5 Å². The Morgan fingerprint density at radius 1 is 1.21 bits per heavy atom. The molecule has 1 aromatic carbocycles. The SMILES string of the molecule is Cc1ncn(-c2nc3ccccc3cc2CBr)c1C. The molecular weight excluding hydrogens is 302 g/mol. The highest BCUT2D eigenvalue weighted by atomic mass is 79.9. The van der Waals surface area contributed by atoms with Gasteiger partial charge in [-0.2, -0.15) is 0 Å². The standard InChI is InChI=1S/C15H14BrN3/c1-10-11(2)19(9-17-10)15-13(8-16)7-12-5-3-4-6-14(12)18-15/h3-7,9H,8H2,1-2H3. The molecule has 0 aliphatic heterocycles. The molecule has 0 atom stereocenters. The Bertz CT molecular complexity index is 746. The summed E-state index contributed by atoms with van der Waals surface area (Å²) in [7, 11) is 0. The van der Waals surface area contributed by atoms with Crippen LogP contribution < -0.4 is 0 Å². The molecule has 3 aromatic rings. The maximum Gasteiger partial charge on any atom is 0.142 e. The Morgan fingerprint density at radius 3 is 2.68 bits per heavy atom. The molecule has 0 spiro atoms. The van der Waals surface area contributed by atoms with Crippen LogP contribution in [0.25, 0.3) is 16.7 Å². The van der Waals surface area contributed by atoms with Gasteiger partial charge in [-0.15, -0.1) is 0 Å². The minimum absolute atomic E-state index is 0.775. The van der Waals surface area contributed by atoms with Crippen molar-refractivity contribution in [3.8, 4) is 5.82 Å². The van der Waals surface area contributed by atoms with Gasteiger partial charge in [-0.25, -0.2) is 9.97 Å². The van der Waals surface area contributed by atoms with E-state index >= 15 is 0 Å². The summed E-state index contributed by atoms with van der Waals surface area (Å²) in [5.41, 5.74) is 4.34. The van der Waals surface area contributed by atoms with Crippen LogP contribution >= 0.6 is 15.9 Å². The van der Waals surface area contributed by atoms with Gasteiger partial charge >= 0.3 is 0 Å². The Balaban J connectivity index is 2.30. The fourth-order valence-corrected chi connectivity index (χ4v) is 2.58. The number of alkyl halides is 1. The molecule has 3 rings (SSSR count). The predicted octanol–water partition coefficient (Wildman–Crippen LogP) is 3.93. The van der Waals surface area contributed by atoms with Crippen molar-refractivity contribution in [3.05, 3.63) is 53.6 Å². The van der Waals surface area contributed by atoms with Gasteiger partial charge < -0.3 is 0 Å². The molecular formula is C15H14BrN3. The van der Waals surface area contributed by atoms with Crippen LogP contribution in [0.1, 0.15) is 17.0 Å². The first-order chi connectivity index (χ1) is 9.20. The number of hydrogen-bond acceptors (Lipinski definition) is 2. The second-order valence-electron chi connectivity index (χ2n) is 4.58. The number of hydrogen-bond donors (Lipinski definition) is 0. The molecule has 19 heavy (non-hydrogen) atoms. The molecule has 3 nitrogen and oxygen atoms in total.